The number of hydrogen-bond donors (Lipinski definition) is 3. The molecule has 0 saturated carbocycles. The van der Waals surface area contributed by atoms with Gasteiger partial charge in [-0.1, -0.05) is 30.3 Å². The van der Waals surface area contributed by atoms with Crippen LogP contribution in [0.3, 0.4) is 0 Å². The number of esters is 1. The fraction of sp³-hybridized carbons (Fsp3) is 0.217. The normalized spacial score (nSPS) is 17.1. The molecular formula is C23H23N3O5. The van der Waals surface area contributed by atoms with Crippen molar-refractivity contribution in [3.05, 3.63) is 95.5 Å². The summed E-state index contributed by atoms with van der Waals surface area (Å²) in [5.74, 6) is 0.635. The minimum absolute atomic E-state index is 0.193. The third kappa shape index (κ3) is 4.54. The Kier molecular flexibility index (Phi) is 6.18. The maximum absolute atomic E-state index is 12.8. The van der Waals surface area contributed by atoms with E-state index in [9.17, 15) is 9.59 Å². The van der Waals surface area contributed by atoms with E-state index in [1.54, 1.807) is 25.3 Å². The van der Waals surface area contributed by atoms with Gasteiger partial charge in [-0.15, -0.1) is 0 Å². The zero-order valence-electron chi connectivity index (χ0n) is 17.0. The first kappa shape index (κ1) is 20.5. The van der Waals surface area contributed by atoms with Crippen molar-refractivity contribution in [2.24, 2.45) is 0 Å². The van der Waals surface area contributed by atoms with Crippen LogP contribution in [-0.2, 0) is 9.53 Å². The van der Waals surface area contributed by atoms with Crippen molar-refractivity contribution in [3.63, 3.8) is 0 Å². The Morgan fingerprint density at radius 2 is 1.87 bits per heavy atom. The lowest BCUT2D eigenvalue weighted by Gasteiger charge is -2.29. The van der Waals surface area contributed by atoms with Crippen LogP contribution >= 0.6 is 0 Å². The second-order valence-electron chi connectivity index (χ2n) is 6.90. The number of hydrogen-bond acceptors (Lipinski definition) is 6. The average Bonchev–Trinajstić information content (AvgIpc) is 3.49. The van der Waals surface area contributed by atoms with Crippen molar-refractivity contribution in [1.82, 2.24) is 16.0 Å². The topological polar surface area (TPSA) is 106 Å². The number of benzene rings is 1. The highest BCUT2D eigenvalue weighted by molar-refractivity contribution is 5.95. The Morgan fingerprint density at radius 1 is 1.10 bits per heavy atom. The molecule has 3 N–H and O–H groups in total. The predicted octanol–water partition coefficient (Wildman–Crippen LogP) is 3.42. The summed E-state index contributed by atoms with van der Waals surface area (Å²) in [6, 6.07) is 15.4. The van der Waals surface area contributed by atoms with Crippen LogP contribution < -0.4 is 16.0 Å². The van der Waals surface area contributed by atoms with Crippen LogP contribution in [0.1, 0.15) is 36.1 Å². The average molecular weight is 421 g/mol. The zero-order valence-corrected chi connectivity index (χ0v) is 17.0. The number of carbonyl (C=O) groups is 2. The van der Waals surface area contributed by atoms with Crippen LogP contribution in [0, 0.1) is 0 Å². The van der Waals surface area contributed by atoms with Gasteiger partial charge in [0.25, 0.3) is 0 Å². The molecule has 0 spiro atoms. The molecule has 0 radical (unpaired) electrons. The van der Waals surface area contributed by atoms with Gasteiger partial charge in [0.15, 0.2) is 0 Å². The second-order valence-corrected chi connectivity index (χ2v) is 6.90. The van der Waals surface area contributed by atoms with Crippen LogP contribution in [0.15, 0.2) is 87.2 Å². The number of amides is 2. The number of rotatable bonds is 8. The first-order valence-electron chi connectivity index (χ1n) is 10.00. The van der Waals surface area contributed by atoms with Gasteiger partial charge in [0, 0.05) is 12.2 Å². The second kappa shape index (κ2) is 9.36. The molecule has 0 unspecified atom stereocenters. The van der Waals surface area contributed by atoms with Gasteiger partial charge >= 0.3 is 12.0 Å². The molecule has 0 saturated heterocycles. The summed E-state index contributed by atoms with van der Waals surface area (Å²) in [4.78, 5) is 25.2. The number of urea groups is 1. The third-order valence-electron chi connectivity index (χ3n) is 4.92. The standard InChI is InChI=1S/C23H23N3O5/c1-2-29-22(27)19-16(25-23(28)26-21(19)18-11-7-13-31-18)14-24-20(17-10-6-12-30-17)15-8-4-3-5-9-15/h3-13,20-21,24H,2,14H2,1H3,(H2,25,26,28)/t20-,21-/m0/s1. The summed E-state index contributed by atoms with van der Waals surface area (Å²) in [7, 11) is 0. The Balaban J connectivity index is 1.67. The lowest BCUT2D eigenvalue weighted by atomic mass is 9.99. The monoisotopic (exact) mass is 421 g/mol. The minimum atomic E-state index is -0.751. The van der Waals surface area contributed by atoms with Crippen LogP contribution in [0.2, 0.25) is 0 Å². The fourth-order valence-corrected chi connectivity index (χ4v) is 3.56. The van der Waals surface area contributed by atoms with Gasteiger partial charge in [-0.2, -0.15) is 0 Å². The van der Waals surface area contributed by atoms with E-state index in [0.29, 0.717) is 17.2 Å². The molecule has 31 heavy (non-hydrogen) atoms. The largest absolute Gasteiger partial charge is 0.467 e. The lowest BCUT2D eigenvalue weighted by molar-refractivity contribution is -0.139. The van der Waals surface area contributed by atoms with Crippen molar-refractivity contribution in [3.8, 4) is 0 Å². The van der Waals surface area contributed by atoms with Gasteiger partial charge < -0.3 is 24.2 Å². The van der Waals surface area contributed by atoms with Gasteiger partial charge in [-0.05, 0) is 36.8 Å². The van der Waals surface area contributed by atoms with Crippen molar-refractivity contribution in [2.45, 2.75) is 19.0 Å². The number of nitrogens with one attached hydrogen (secondary N) is 3. The first-order chi connectivity index (χ1) is 15.2. The molecule has 2 aromatic heterocycles. The van der Waals surface area contributed by atoms with E-state index in [2.05, 4.69) is 16.0 Å². The molecule has 2 atom stereocenters. The van der Waals surface area contributed by atoms with E-state index >= 15 is 0 Å². The first-order valence-corrected chi connectivity index (χ1v) is 10.00. The third-order valence-corrected chi connectivity index (χ3v) is 4.92. The summed E-state index contributed by atoms with van der Waals surface area (Å²) >= 11 is 0. The SMILES string of the molecule is CCOC(=O)C1=C(CN[C@@H](c2ccccc2)c2ccco2)NC(=O)N[C@H]1c1ccco1. The smallest absolute Gasteiger partial charge is 0.338 e. The minimum Gasteiger partial charge on any atom is -0.467 e. The van der Waals surface area contributed by atoms with E-state index < -0.39 is 18.0 Å². The Labute approximate surface area is 179 Å². The molecule has 8 nitrogen and oxygen atoms in total. The van der Waals surface area contributed by atoms with Crippen LogP contribution in [-0.4, -0.2) is 25.2 Å². The highest BCUT2D eigenvalue weighted by Gasteiger charge is 2.35. The summed E-state index contributed by atoms with van der Waals surface area (Å²) in [6.45, 7) is 2.13. The van der Waals surface area contributed by atoms with Crippen LogP contribution in [0.4, 0.5) is 4.79 Å². The van der Waals surface area contributed by atoms with Gasteiger partial charge in [0.2, 0.25) is 0 Å². The van der Waals surface area contributed by atoms with E-state index in [-0.39, 0.29) is 24.8 Å². The van der Waals surface area contributed by atoms with Gasteiger partial charge in [0.05, 0.1) is 30.7 Å². The highest BCUT2D eigenvalue weighted by atomic mass is 16.5. The summed E-state index contributed by atoms with van der Waals surface area (Å²) in [5, 5.41) is 8.87. The Hall–Kier alpha value is -3.78. The predicted molar refractivity (Wildman–Crippen MR) is 112 cm³/mol. The maximum atomic E-state index is 12.8. The summed E-state index contributed by atoms with van der Waals surface area (Å²) in [6.07, 6.45) is 3.10. The molecule has 3 aromatic rings. The molecule has 1 aliphatic rings. The highest BCUT2D eigenvalue weighted by Crippen LogP contribution is 2.29. The molecule has 4 rings (SSSR count). The van der Waals surface area contributed by atoms with Crippen molar-refractivity contribution in [1.29, 1.82) is 0 Å². The summed E-state index contributed by atoms with van der Waals surface area (Å²) in [5.41, 5.74) is 1.69. The molecular weight excluding hydrogens is 398 g/mol. The van der Waals surface area contributed by atoms with Gasteiger partial charge in [-0.25, -0.2) is 9.59 Å². The fourth-order valence-electron chi connectivity index (χ4n) is 3.56. The summed E-state index contributed by atoms with van der Waals surface area (Å²) < 4.78 is 16.3. The Morgan fingerprint density at radius 3 is 2.55 bits per heavy atom. The molecule has 2 amide bonds. The molecule has 3 heterocycles. The number of furan rings is 2. The van der Waals surface area contributed by atoms with Crippen molar-refractivity contribution >= 4 is 12.0 Å². The molecule has 0 bridgehead atoms. The van der Waals surface area contributed by atoms with Crippen molar-refractivity contribution < 1.29 is 23.2 Å². The Bertz CT molecular complexity index is 1040. The zero-order chi connectivity index (χ0) is 21.6. The van der Waals surface area contributed by atoms with E-state index in [1.165, 1.54) is 6.26 Å². The molecule has 0 aliphatic carbocycles. The lowest BCUT2D eigenvalue weighted by Crippen LogP contribution is -2.48. The van der Waals surface area contributed by atoms with E-state index in [1.807, 2.05) is 42.5 Å². The van der Waals surface area contributed by atoms with Crippen LogP contribution in [0.5, 0.6) is 0 Å². The maximum Gasteiger partial charge on any atom is 0.338 e. The molecule has 0 fully saturated rings. The molecule has 160 valence electrons. The van der Waals surface area contributed by atoms with E-state index in [4.69, 9.17) is 13.6 Å². The number of ether oxygens (including phenoxy) is 1. The van der Waals surface area contributed by atoms with E-state index in [0.717, 1.165) is 5.56 Å². The molecule has 8 heteroatoms. The van der Waals surface area contributed by atoms with Crippen LogP contribution in [0.25, 0.3) is 0 Å². The molecule has 1 aromatic carbocycles. The van der Waals surface area contributed by atoms with Gasteiger partial charge in [-0.3, -0.25) is 5.32 Å². The quantitative estimate of drug-likeness (QED) is 0.481. The van der Waals surface area contributed by atoms with Gasteiger partial charge in [0.1, 0.15) is 17.6 Å². The number of carbonyl (C=O) groups excluding carboxylic acids is 2. The van der Waals surface area contributed by atoms with Crippen molar-refractivity contribution in [2.75, 3.05) is 13.2 Å². The molecule has 1 aliphatic heterocycles.